The standard InChI is InChI=1S/C18H12BrCl2NO2.C4H4S/c19-13-8-14(20)17(15(21)9-13)22-10-12(6-7-16(22)23)18(24)11-4-2-1-3-5-11;1-2-4-5-3-1/h1-10,18,24H;1-4H. The molecule has 148 valence electrons. The molecule has 1 unspecified atom stereocenters. The maximum Gasteiger partial charge on any atom is 0.255 e. The van der Waals surface area contributed by atoms with E-state index in [1.165, 1.54) is 10.6 Å². The van der Waals surface area contributed by atoms with E-state index in [2.05, 4.69) is 15.9 Å². The van der Waals surface area contributed by atoms with Crippen molar-refractivity contribution in [1.82, 2.24) is 4.57 Å². The van der Waals surface area contributed by atoms with Gasteiger partial charge in [0, 0.05) is 22.3 Å². The Morgan fingerprint density at radius 3 is 2.07 bits per heavy atom. The molecule has 4 aromatic rings. The summed E-state index contributed by atoms with van der Waals surface area (Å²) in [4.78, 5) is 12.3. The number of pyridine rings is 1. The molecule has 0 bridgehead atoms. The second kappa shape index (κ2) is 10.2. The van der Waals surface area contributed by atoms with Crippen molar-refractivity contribution < 1.29 is 5.11 Å². The summed E-state index contributed by atoms with van der Waals surface area (Å²) >= 11 is 17.5. The van der Waals surface area contributed by atoms with Crippen LogP contribution in [0.25, 0.3) is 5.69 Å². The summed E-state index contributed by atoms with van der Waals surface area (Å²) in [6, 6.07) is 19.5. The molecule has 3 nitrogen and oxygen atoms in total. The Bertz CT molecular complexity index is 1090. The van der Waals surface area contributed by atoms with Crippen molar-refractivity contribution in [2.75, 3.05) is 0 Å². The number of aromatic nitrogens is 1. The minimum Gasteiger partial charge on any atom is -0.384 e. The SMILES string of the molecule is O=c1ccc(C(O)c2ccccc2)cn1-c1c(Cl)cc(Br)cc1Cl.c1ccsc1. The van der Waals surface area contributed by atoms with Gasteiger partial charge in [0.1, 0.15) is 6.10 Å². The zero-order valence-corrected chi connectivity index (χ0v) is 18.9. The fourth-order valence-corrected chi connectivity index (χ4v) is 4.50. The third-order valence-electron chi connectivity index (χ3n) is 4.01. The van der Waals surface area contributed by atoms with Crippen molar-refractivity contribution in [2.24, 2.45) is 0 Å². The van der Waals surface area contributed by atoms with Crippen LogP contribution in [0.5, 0.6) is 0 Å². The van der Waals surface area contributed by atoms with E-state index in [0.29, 0.717) is 21.3 Å². The quantitative estimate of drug-likeness (QED) is 0.333. The number of hydrogen-bond acceptors (Lipinski definition) is 3. The van der Waals surface area contributed by atoms with E-state index in [1.807, 2.05) is 53.2 Å². The highest BCUT2D eigenvalue weighted by atomic mass is 79.9. The number of thiophene rings is 1. The normalized spacial score (nSPS) is 11.4. The molecule has 1 N–H and O–H groups in total. The van der Waals surface area contributed by atoms with Crippen molar-refractivity contribution in [2.45, 2.75) is 6.10 Å². The van der Waals surface area contributed by atoms with Crippen LogP contribution in [0, 0.1) is 0 Å². The van der Waals surface area contributed by atoms with Crippen molar-refractivity contribution in [3.63, 3.8) is 0 Å². The lowest BCUT2D eigenvalue weighted by molar-refractivity contribution is 0.219. The van der Waals surface area contributed by atoms with Gasteiger partial charge >= 0.3 is 0 Å². The molecule has 0 fully saturated rings. The topological polar surface area (TPSA) is 42.2 Å². The van der Waals surface area contributed by atoms with Gasteiger partial charge in [-0.1, -0.05) is 81.6 Å². The van der Waals surface area contributed by atoms with Gasteiger partial charge in [-0.05, 0) is 34.5 Å². The first-order valence-corrected chi connectivity index (χ1v) is 11.0. The summed E-state index contributed by atoms with van der Waals surface area (Å²) in [5.74, 6) is 0. The zero-order chi connectivity index (χ0) is 20.8. The fourth-order valence-electron chi connectivity index (χ4n) is 2.66. The van der Waals surface area contributed by atoms with Gasteiger partial charge in [-0.3, -0.25) is 9.36 Å². The molecule has 0 spiro atoms. The van der Waals surface area contributed by atoms with Gasteiger partial charge in [0.2, 0.25) is 0 Å². The first-order chi connectivity index (χ1) is 14.0. The van der Waals surface area contributed by atoms with E-state index in [-0.39, 0.29) is 5.56 Å². The van der Waals surface area contributed by atoms with E-state index in [1.54, 1.807) is 35.7 Å². The van der Waals surface area contributed by atoms with Crippen LogP contribution in [0.15, 0.2) is 93.0 Å². The van der Waals surface area contributed by atoms with Crippen molar-refractivity contribution >= 4 is 50.5 Å². The highest BCUT2D eigenvalue weighted by Gasteiger charge is 2.15. The van der Waals surface area contributed by atoms with Crippen molar-refractivity contribution in [3.8, 4) is 5.69 Å². The number of aliphatic hydroxyl groups is 1. The molecule has 0 aliphatic carbocycles. The van der Waals surface area contributed by atoms with Gasteiger partial charge in [-0.2, -0.15) is 11.3 Å². The summed E-state index contributed by atoms with van der Waals surface area (Å²) in [7, 11) is 0. The minimum atomic E-state index is -0.856. The van der Waals surface area contributed by atoms with Crippen LogP contribution in [-0.4, -0.2) is 9.67 Å². The monoisotopic (exact) mass is 507 g/mol. The van der Waals surface area contributed by atoms with E-state index < -0.39 is 6.10 Å². The lowest BCUT2D eigenvalue weighted by atomic mass is 10.0. The van der Waals surface area contributed by atoms with Gasteiger partial charge in [-0.25, -0.2) is 0 Å². The molecule has 4 rings (SSSR count). The number of rotatable bonds is 3. The van der Waals surface area contributed by atoms with Crippen LogP contribution in [0.3, 0.4) is 0 Å². The lowest BCUT2D eigenvalue weighted by Gasteiger charge is -2.15. The van der Waals surface area contributed by atoms with Crippen LogP contribution in [-0.2, 0) is 0 Å². The predicted molar refractivity (Wildman–Crippen MR) is 125 cm³/mol. The first kappa shape index (κ1) is 21.8. The third-order valence-corrected chi connectivity index (χ3v) is 5.68. The molecule has 0 saturated carbocycles. The number of nitrogens with zero attached hydrogens (tertiary/aromatic N) is 1. The lowest BCUT2D eigenvalue weighted by Crippen LogP contribution is -2.19. The Hall–Kier alpha value is -1.89. The zero-order valence-electron chi connectivity index (χ0n) is 15.0. The summed E-state index contributed by atoms with van der Waals surface area (Å²) in [6.45, 7) is 0. The molecule has 0 radical (unpaired) electrons. The summed E-state index contributed by atoms with van der Waals surface area (Å²) in [6.07, 6.45) is 0.701. The van der Waals surface area contributed by atoms with Gasteiger partial charge in [0.05, 0.1) is 15.7 Å². The van der Waals surface area contributed by atoms with E-state index in [9.17, 15) is 9.90 Å². The Morgan fingerprint density at radius 1 is 0.897 bits per heavy atom. The van der Waals surface area contributed by atoms with Crippen molar-refractivity contribution in [1.29, 1.82) is 0 Å². The molecule has 0 aliphatic heterocycles. The van der Waals surface area contributed by atoms with E-state index in [4.69, 9.17) is 23.2 Å². The predicted octanol–water partition coefficient (Wildman–Crippen LogP) is 6.74. The highest BCUT2D eigenvalue weighted by molar-refractivity contribution is 9.10. The van der Waals surface area contributed by atoms with E-state index in [0.717, 1.165) is 10.0 Å². The van der Waals surface area contributed by atoms with E-state index >= 15 is 0 Å². The number of halogens is 3. The average molecular weight is 509 g/mol. The maximum absolute atomic E-state index is 12.3. The number of benzene rings is 2. The fraction of sp³-hybridized carbons (Fsp3) is 0.0455. The van der Waals surface area contributed by atoms with Gasteiger partial charge < -0.3 is 5.11 Å². The van der Waals surface area contributed by atoms with Gasteiger partial charge in [0.15, 0.2) is 0 Å². The smallest absolute Gasteiger partial charge is 0.255 e. The molecular formula is C22H16BrCl2NO2S. The van der Waals surface area contributed by atoms with Crippen LogP contribution < -0.4 is 5.56 Å². The molecule has 29 heavy (non-hydrogen) atoms. The van der Waals surface area contributed by atoms with Gasteiger partial charge in [0.25, 0.3) is 5.56 Å². The Labute approximate surface area is 190 Å². The van der Waals surface area contributed by atoms with Crippen LogP contribution in [0.4, 0.5) is 0 Å². The summed E-state index contributed by atoms with van der Waals surface area (Å²) in [5, 5.41) is 15.3. The van der Waals surface area contributed by atoms with Gasteiger partial charge in [-0.15, -0.1) is 0 Å². The Kier molecular flexibility index (Phi) is 7.70. The second-order valence-electron chi connectivity index (χ2n) is 6.00. The van der Waals surface area contributed by atoms with Crippen LogP contribution in [0.2, 0.25) is 10.0 Å². The average Bonchev–Trinajstić information content (AvgIpc) is 3.29. The molecule has 2 aromatic heterocycles. The van der Waals surface area contributed by atoms with Crippen LogP contribution >= 0.6 is 50.5 Å². The molecule has 0 saturated heterocycles. The molecular weight excluding hydrogens is 493 g/mol. The molecule has 7 heteroatoms. The number of hydrogen-bond donors (Lipinski definition) is 1. The maximum atomic E-state index is 12.3. The molecule has 2 heterocycles. The Morgan fingerprint density at radius 2 is 1.52 bits per heavy atom. The molecule has 1 atom stereocenters. The summed E-state index contributed by atoms with van der Waals surface area (Å²) in [5.41, 5.74) is 1.39. The summed E-state index contributed by atoms with van der Waals surface area (Å²) < 4.78 is 2.06. The number of aliphatic hydroxyl groups excluding tert-OH is 1. The molecule has 0 aliphatic rings. The molecule has 0 amide bonds. The highest BCUT2D eigenvalue weighted by Crippen LogP contribution is 2.32. The molecule has 2 aromatic carbocycles. The minimum absolute atomic E-state index is 0.287. The Balaban J connectivity index is 0.000000419. The largest absolute Gasteiger partial charge is 0.384 e. The van der Waals surface area contributed by atoms with Crippen molar-refractivity contribution in [3.05, 3.63) is 120 Å². The van der Waals surface area contributed by atoms with Crippen LogP contribution in [0.1, 0.15) is 17.2 Å². The first-order valence-electron chi connectivity index (χ1n) is 8.55. The second-order valence-corrected chi connectivity index (χ2v) is 8.54. The third kappa shape index (κ3) is 5.59.